The number of nitrogen functional groups attached to an aromatic ring is 1. The number of carbonyl (C=O) groups is 1. The summed E-state index contributed by atoms with van der Waals surface area (Å²) in [6.07, 6.45) is 3.87. The highest BCUT2D eigenvalue weighted by Gasteiger charge is 2.28. The van der Waals surface area contributed by atoms with E-state index >= 15 is 0 Å². The zero-order valence-electron chi connectivity index (χ0n) is 17.0. The fraction of sp³-hybridized carbons (Fsp3) is 0.500. The molecule has 0 unspecified atom stereocenters. The normalized spacial score (nSPS) is 14.9. The van der Waals surface area contributed by atoms with Gasteiger partial charge in [0.2, 0.25) is 0 Å². The van der Waals surface area contributed by atoms with Crippen molar-refractivity contribution in [3.63, 3.8) is 0 Å². The summed E-state index contributed by atoms with van der Waals surface area (Å²) in [6, 6.07) is 3.73. The Morgan fingerprint density at radius 2 is 1.86 bits per heavy atom. The summed E-state index contributed by atoms with van der Waals surface area (Å²) in [4.78, 5) is 29.5. The van der Waals surface area contributed by atoms with Crippen LogP contribution in [0.5, 0.6) is 0 Å². The highest BCUT2D eigenvalue weighted by Crippen LogP contribution is 2.32. The number of nitrogens with two attached hydrogens (primary N) is 1. The largest absolute Gasteiger partial charge is 0.444 e. The van der Waals surface area contributed by atoms with E-state index in [1.54, 1.807) is 23.5 Å². The van der Waals surface area contributed by atoms with Crippen molar-refractivity contribution in [2.24, 2.45) is 0 Å². The molecule has 8 heteroatoms. The first-order valence-electron chi connectivity index (χ1n) is 9.57. The van der Waals surface area contributed by atoms with Gasteiger partial charge in [0.25, 0.3) is 0 Å². The van der Waals surface area contributed by atoms with E-state index < -0.39 is 5.60 Å². The van der Waals surface area contributed by atoms with Gasteiger partial charge in [0.15, 0.2) is 0 Å². The molecule has 0 aromatic carbocycles. The predicted octanol–water partition coefficient (Wildman–Crippen LogP) is 2.74. The van der Waals surface area contributed by atoms with Crippen LogP contribution in [0.2, 0.25) is 0 Å². The Labute approximate surface area is 165 Å². The number of nitrogens with zero attached hydrogens (tertiary/aromatic N) is 5. The first-order valence-corrected chi connectivity index (χ1v) is 9.57. The van der Waals surface area contributed by atoms with Crippen molar-refractivity contribution in [2.75, 3.05) is 36.8 Å². The number of ether oxygens (including phenoxy) is 1. The molecule has 28 heavy (non-hydrogen) atoms. The number of aromatic nitrogens is 3. The van der Waals surface area contributed by atoms with Crippen LogP contribution < -0.4 is 10.6 Å². The van der Waals surface area contributed by atoms with Crippen LogP contribution in [0.15, 0.2) is 24.7 Å². The third-order valence-electron chi connectivity index (χ3n) is 4.55. The Balaban J connectivity index is 1.82. The number of rotatable bonds is 3. The van der Waals surface area contributed by atoms with Crippen molar-refractivity contribution in [3.05, 3.63) is 30.4 Å². The third-order valence-corrected chi connectivity index (χ3v) is 4.55. The Bertz CT molecular complexity index is 824. The molecule has 3 rings (SSSR count). The molecule has 0 saturated carbocycles. The molecule has 1 aliphatic rings. The summed E-state index contributed by atoms with van der Waals surface area (Å²) >= 11 is 0. The molecular formula is C20H28N6O2. The number of hydrogen-bond acceptors (Lipinski definition) is 7. The van der Waals surface area contributed by atoms with Crippen LogP contribution in [0.3, 0.4) is 0 Å². The smallest absolute Gasteiger partial charge is 0.410 e. The quantitative estimate of drug-likeness (QED) is 0.869. The van der Waals surface area contributed by atoms with Crippen LogP contribution in [0.25, 0.3) is 11.1 Å². The second-order valence-electron chi connectivity index (χ2n) is 7.80. The minimum absolute atomic E-state index is 0.271. The Kier molecular flexibility index (Phi) is 5.67. The number of pyridine rings is 1. The summed E-state index contributed by atoms with van der Waals surface area (Å²) < 4.78 is 5.48. The van der Waals surface area contributed by atoms with E-state index in [-0.39, 0.29) is 6.09 Å². The lowest BCUT2D eigenvalue weighted by Gasteiger charge is -2.37. The van der Waals surface area contributed by atoms with Crippen LogP contribution >= 0.6 is 0 Å². The van der Waals surface area contributed by atoms with Gasteiger partial charge in [-0.05, 0) is 39.3 Å². The second-order valence-corrected chi connectivity index (χ2v) is 7.80. The zero-order valence-corrected chi connectivity index (χ0v) is 17.0. The topological polar surface area (TPSA) is 97.5 Å². The fourth-order valence-electron chi connectivity index (χ4n) is 3.20. The first-order chi connectivity index (χ1) is 13.3. The molecule has 1 saturated heterocycles. The molecule has 0 radical (unpaired) electrons. The standard InChI is InChI=1S/C20H28N6O2/c1-5-15-17(14-6-7-16(21)22-12-14)18(24-13-23-15)25-8-10-26(11-9-25)19(27)28-20(2,3)4/h6-7,12-13H,5,8-11H2,1-4H3,(H2,21,22). The van der Waals surface area contributed by atoms with Gasteiger partial charge in [-0.15, -0.1) is 0 Å². The number of amides is 1. The number of anilines is 2. The van der Waals surface area contributed by atoms with E-state index in [1.165, 1.54) is 0 Å². The maximum atomic E-state index is 12.3. The SMILES string of the molecule is CCc1ncnc(N2CCN(C(=O)OC(C)(C)C)CC2)c1-c1ccc(N)nc1. The number of piperazine rings is 1. The summed E-state index contributed by atoms with van der Waals surface area (Å²) in [5, 5.41) is 0. The molecule has 1 aliphatic heterocycles. The Morgan fingerprint density at radius 1 is 1.14 bits per heavy atom. The van der Waals surface area contributed by atoms with Crippen molar-refractivity contribution in [1.82, 2.24) is 19.9 Å². The molecule has 0 aliphatic carbocycles. The van der Waals surface area contributed by atoms with Crippen molar-refractivity contribution < 1.29 is 9.53 Å². The Morgan fingerprint density at radius 3 is 2.43 bits per heavy atom. The molecule has 2 N–H and O–H groups in total. The van der Waals surface area contributed by atoms with Crippen LogP contribution in [-0.4, -0.2) is 57.7 Å². The molecule has 8 nitrogen and oxygen atoms in total. The van der Waals surface area contributed by atoms with Crippen LogP contribution in [0, 0.1) is 0 Å². The van der Waals surface area contributed by atoms with Gasteiger partial charge in [-0.1, -0.05) is 6.92 Å². The molecule has 2 aromatic heterocycles. The summed E-state index contributed by atoms with van der Waals surface area (Å²) in [5.74, 6) is 1.34. The molecule has 1 fully saturated rings. The summed E-state index contributed by atoms with van der Waals surface area (Å²) in [7, 11) is 0. The van der Waals surface area contributed by atoms with Crippen LogP contribution in [0.4, 0.5) is 16.4 Å². The van der Waals surface area contributed by atoms with Gasteiger partial charge in [0.05, 0.1) is 5.69 Å². The van der Waals surface area contributed by atoms with Gasteiger partial charge < -0.3 is 20.3 Å². The molecule has 0 atom stereocenters. The van der Waals surface area contributed by atoms with Gasteiger partial charge in [0, 0.05) is 43.5 Å². The maximum absolute atomic E-state index is 12.3. The van der Waals surface area contributed by atoms with Gasteiger partial charge in [0.1, 0.15) is 23.6 Å². The minimum atomic E-state index is -0.494. The average molecular weight is 384 g/mol. The van der Waals surface area contributed by atoms with Crippen LogP contribution in [0.1, 0.15) is 33.4 Å². The molecule has 2 aromatic rings. The zero-order chi connectivity index (χ0) is 20.3. The Hall–Kier alpha value is -2.90. The van der Waals surface area contributed by atoms with E-state index in [0.29, 0.717) is 32.0 Å². The van der Waals surface area contributed by atoms with Gasteiger partial charge >= 0.3 is 6.09 Å². The summed E-state index contributed by atoms with van der Waals surface area (Å²) in [6.45, 7) is 10.2. The molecule has 0 bridgehead atoms. The van der Waals surface area contributed by atoms with Gasteiger partial charge in [-0.3, -0.25) is 0 Å². The molecule has 150 valence electrons. The second kappa shape index (κ2) is 8.00. The molecule has 3 heterocycles. The lowest BCUT2D eigenvalue weighted by atomic mass is 10.0. The lowest BCUT2D eigenvalue weighted by molar-refractivity contribution is 0.0240. The van der Waals surface area contributed by atoms with E-state index in [4.69, 9.17) is 10.5 Å². The summed E-state index contributed by atoms with van der Waals surface area (Å²) in [5.41, 5.74) is 8.13. The fourth-order valence-corrected chi connectivity index (χ4v) is 3.20. The maximum Gasteiger partial charge on any atom is 0.410 e. The predicted molar refractivity (Wildman–Crippen MR) is 109 cm³/mol. The van der Waals surface area contributed by atoms with Crippen molar-refractivity contribution >= 4 is 17.7 Å². The van der Waals surface area contributed by atoms with Crippen molar-refractivity contribution in [1.29, 1.82) is 0 Å². The van der Waals surface area contributed by atoms with E-state index in [9.17, 15) is 4.79 Å². The molecule has 0 spiro atoms. The first kappa shape index (κ1) is 19.9. The average Bonchev–Trinajstić information content (AvgIpc) is 2.67. The number of hydrogen-bond donors (Lipinski definition) is 1. The van der Waals surface area contributed by atoms with Crippen molar-refractivity contribution in [2.45, 2.75) is 39.7 Å². The number of carbonyl (C=O) groups excluding carboxylic acids is 1. The number of aryl methyl sites for hydroxylation is 1. The highest BCUT2D eigenvalue weighted by atomic mass is 16.6. The van der Waals surface area contributed by atoms with Crippen LogP contribution in [-0.2, 0) is 11.2 Å². The van der Waals surface area contributed by atoms with E-state index in [0.717, 1.165) is 29.1 Å². The highest BCUT2D eigenvalue weighted by molar-refractivity contribution is 5.78. The monoisotopic (exact) mass is 384 g/mol. The van der Waals surface area contributed by atoms with Crippen molar-refractivity contribution in [3.8, 4) is 11.1 Å². The molecule has 1 amide bonds. The minimum Gasteiger partial charge on any atom is -0.444 e. The van der Waals surface area contributed by atoms with E-state index in [2.05, 4.69) is 26.8 Å². The molecular weight excluding hydrogens is 356 g/mol. The third kappa shape index (κ3) is 4.49. The lowest BCUT2D eigenvalue weighted by Crippen LogP contribution is -2.50. The van der Waals surface area contributed by atoms with E-state index in [1.807, 2.05) is 26.8 Å². The van der Waals surface area contributed by atoms with Gasteiger partial charge in [-0.25, -0.2) is 19.7 Å². The van der Waals surface area contributed by atoms with Gasteiger partial charge in [-0.2, -0.15) is 0 Å².